The number of likely N-dealkylation sites (N-methyl/N-ethyl adjacent to an activating group) is 1. The Hall–Kier alpha value is -4.52. The molecule has 0 aliphatic rings. The SMILES string of the molecule is C#Cc1ccc(C(C(=O)NCCC(=O)OCC)N(CC)C(=O)C(Cc2ccc(O)cc2)NC(=O)OC(C)(C)C)cc1. The van der Waals surface area contributed by atoms with Crippen LogP contribution in [-0.4, -0.2) is 65.2 Å². The number of ether oxygens (including phenoxy) is 2. The van der Waals surface area contributed by atoms with Crippen molar-refractivity contribution in [2.75, 3.05) is 19.7 Å². The van der Waals surface area contributed by atoms with Crippen molar-refractivity contribution in [2.45, 2.75) is 65.1 Å². The number of phenols is 1. The van der Waals surface area contributed by atoms with Gasteiger partial charge in [0.2, 0.25) is 11.8 Å². The van der Waals surface area contributed by atoms with Gasteiger partial charge in [0.25, 0.3) is 0 Å². The lowest BCUT2D eigenvalue weighted by atomic mass is 9.99. The van der Waals surface area contributed by atoms with Gasteiger partial charge >= 0.3 is 12.1 Å². The maximum atomic E-state index is 14.1. The minimum atomic E-state index is -1.10. The molecule has 0 heterocycles. The number of rotatable bonds is 12. The van der Waals surface area contributed by atoms with Crippen LogP contribution in [0.3, 0.4) is 0 Å². The number of hydrogen-bond donors (Lipinski definition) is 3. The van der Waals surface area contributed by atoms with Crippen LogP contribution in [0.1, 0.15) is 63.8 Å². The molecule has 3 N–H and O–H groups in total. The number of phenolic OH excluding ortho intramolecular Hbond substituents is 1. The summed E-state index contributed by atoms with van der Waals surface area (Å²) in [5, 5.41) is 15.1. The van der Waals surface area contributed by atoms with E-state index in [1.807, 2.05) is 0 Å². The quantitative estimate of drug-likeness (QED) is 0.265. The Morgan fingerprint density at radius 3 is 2.20 bits per heavy atom. The van der Waals surface area contributed by atoms with Gasteiger partial charge in [0.15, 0.2) is 0 Å². The summed E-state index contributed by atoms with van der Waals surface area (Å²) in [5.41, 5.74) is 0.956. The standard InChI is InChI=1S/C31H39N3O7/c1-7-21-10-14-23(15-11-21)27(28(37)32-19-18-26(36)40-9-3)34(8-2)29(38)25(33-30(39)41-31(4,5)6)20-22-12-16-24(35)17-13-22/h1,10-17,25,27,35H,8-9,18-20H2,2-6H3,(H,32,37)(H,33,39). The molecule has 0 saturated carbocycles. The summed E-state index contributed by atoms with van der Waals surface area (Å²) in [7, 11) is 0. The molecular formula is C31H39N3O7. The zero-order valence-corrected chi connectivity index (χ0v) is 24.2. The lowest BCUT2D eigenvalue weighted by Gasteiger charge is -2.34. The smallest absolute Gasteiger partial charge is 0.408 e. The molecule has 0 radical (unpaired) electrons. The van der Waals surface area contributed by atoms with Gasteiger partial charge in [0.1, 0.15) is 23.4 Å². The van der Waals surface area contributed by atoms with Crippen molar-refractivity contribution in [2.24, 2.45) is 0 Å². The second-order valence-corrected chi connectivity index (χ2v) is 10.2. The number of hydrogen-bond acceptors (Lipinski definition) is 7. The molecule has 41 heavy (non-hydrogen) atoms. The molecule has 2 aromatic rings. The highest BCUT2D eigenvalue weighted by atomic mass is 16.6. The molecule has 10 heteroatoms. The molecule has 0 bridgehead atoms. The summed E-state index contributed by atoms with van der Waals surface area (Å²) in [6.45, 7) is 8.88. The molecule has 3 amide bonds. The fourth-order valence-electron chi connectivity index (χ4n) is 4.04. The van der Waals surface area contributed by atoms with E-state index in [0.717, 1.165) is 0 Å². The zero-order valence-electron chi connectivity index (χ0n) is 24.2. The van der Waals surface area contributed by atoms with E-state index in [1.54, 1.807) is 71.0 Å². The number of benzene rings is 2. The molecule has 10 nitrogen and oxygen atoms in total. The van der Waals surface area contributed by atoms with Crippen LogP contribution >= 0.6 is 0 Å². The number of nitrogens with zero attached hydrogens (tertiary/aromatic N) is 1. The molecule has 0 fully saturated rings. The van der Waals surface area contributed by atoms with Crippen LogP contribution in [-0.2, 0) is 30.3 Å². The Labute approximate surface area is 241 Å². The maximum Gasteiger partial charge on any atom is 0.408 e. The van der Waals surface area contributed by atoms with Crippen molar-refractivity contribution >= 4 is 23.9 Å². The maximum absolute atomic E-state index is 14.1. The number of alkyl carbamates (subject to hydrolysis) is 1. The summed E-state index contributed by atoms with van der Waals surface area (Å²) in [6.07, 6.45) is 4.74. The Morgan fingerprint density at radius 1 is 1.02 bits per heavy atom. The van der Waals surface area contributed by atoms with Crippen molar-refractivity contribution < 1.29 is 33.8 Å². The highest BCUT2D eigenvalue weighted by Crippen LogP contribution is 2.24. The lowest BCUT2D eigenvalue weighted by Crippen LogP contribution is -2.53. The predicted octanol–water partition coefficient (Wildman–Crippen LogP) is 3.47. The van der Waals surface area contributed by atoms with Crippen molar-refractivity contribution in [3.8, 4) is 18.1 Å². The van der Waals surface area contributed by atoms with E-state index in [-0.39, 0.29) is 38.3 Å². The van der Waals surface area contributed by atoms with Gasteiger partial charge in [0, 0.05) is 25.1 Å². The average molecular weight is 566 g/mol. The van der Waals surface area contributed by atoms with E-state index in [0.29, 0.717) is 16.7 Å². The third-order valence-corrected chi connectivity index (χ3v) is 5.88. The van der Waals surface area contributed by atoms with Gasteiger partial charge in [0.05, 0.1) is 13.0 Å². The molecule has 2 rings (SSSR count). The molecule has 0 aromatic heterocycles. The van der Waals surface area contributed by atoms with E-state index < -0.39 is 41.6 Å². The molecule has 2 unspecified atom stereocenters. The van der Waals surface area contributed by atoms with Crippen molar-refractivity contribution in [3.05, 3.63) is 65.2 Å². The van der Waals surface area contributed by atoms with Gasteiger partial charge < -0.3 is 30.1 Å². The van der Waals surface area contributed by atoms with E-state index in [9.17, 15) is 24.3 Å². The van der Waals surface area contributed by atoms with Gasteiger partial charge in [-0.2, -0.15) is 0 Å². The first-order valence-corrected chi connectivity index (χ1v) is 13.5. The molecule has 2 atom stereocenters. The van der Waals surface area contributed by atoms with Crippen LogP contribution in [0.5, 0.6) is 5.75 Å². The second kappa shape index (κ2) is 15.3. The summed E-state index contributed by atoms with van der Waals surface area (Å²) in [5.74, 6) is 1.08. The average Bonchev–Trinajstić information content (AvgIpc) is 2.91. The Morgan fingerprint density at radius 2 is 1.66 bits per heavy atom. The molecule has 0 spiro atoms. The second-order valence-electron chi connectivity index (χ2n) is 10.2. The van der Waals surface area contributed by atoms with Crippen LogP contribution in [0.2, 0.25) is 0 Å². The number of terminal acetylenes is 1. The highest BCUT2D eigenvalue weighted by Gasteiger charge is 2.35. The third kappa shape index (κ3) is 10.5. The zero-order chi connectivity index (χ0) is 30.6. The summed E-state index contributed by atoms with van der Waals surface area (Å²) < 4.78 is 10.3. The fourth-order valence-corrected chi connectivity index (χ4v) is 4.04. The first-order chi connectivity index (χ1) is 19.4. The van der Waals surface area contributed by atoms with Gasteiger partial charge in [-0.05, 0) is 70.0 Å². The summed E-state index contributed by atoms with van der Waals surface area (Å²) >= 11 is 0. The van der Waals surface area contributed by atoms with Crippen LogP contribution < -0.4 is 10.6 Å². The first kappa shape index (κ1) is 32.7. The molecule has 0 aliphatic carbocycles. The Kier molecular flexibility index (Phi) is 12.2. The molecule has 0 saturated heterocycles. The number of carbonyl (C=O) groups is 4. The van der Waals surface area contributed by atoms with Crippen LogP contribution in [0.4, 0.5) is 4.79 Å². The van der Waals surface area contributed by atoms with Crippen molar-refractivity contribution in [3.63, 3.8) is 0 Å². The molecule has 2 aromatic carbocycles. The van der Waals surface area contributed by atoms with E-state index in [2.05, 4.69) is 16.6 Å². The van der Waals surface area contributed by atoms with E-state index >= 15 is 0 Å². The van der Waals surface area contributed by atoms with Crippen LogP contribution in [0, 0.1) is 12.3 Å². The van der Waals surface area contributed by atoms with Crippen molar-refractivity contribution in [1.82, 2.24) is 15.5 Å². The largest absolute Gasteiger partial charge is 0.508 e. The Bertz CT molecular complexity index is 1230. The first-order valence-electron chi connectivity index (χ1n) is 13.5. The number of amides is 3. The fraction of sp³-hybridized carbons (Fsp3) is 0.419. The molecule has 0 aliphatic heterocycles. The summed E-state index contributed by atoms with van der Waals surface area (Å²) in [4.78, 5) is 53.5. The number of carbonyl (C=O) groups excluding carboxylic acids is 4. The van der Waals surface area contributed by atoms with Crippen LogP contribution in [0.15, 0.2) is 48.5 Å². The van der Waals surface area contributed by atoms with Crippen molar-refractivity contribution in [1.29, 1.82) is 0 Å². The van der Waals surface area contributed by atoms with Crippen LogP contribution in [0.25, 0.3) is 0 Å². The topological polar surface area (TPSA) is 134 Å². The minimum Gasteiger partial charge on any atom is -0.508 e. The van der Waals surface area contributed by atoms with Gasteiger partial charge in [-0.1, -0.05) is 30.2 Å². The van der Waals surface area contributed by atoms with E-state index in [4.69, 9.17) is 15.9 Å². The van der Waals surface area contributed by atoms with Gasteiger partial charge in [-0.3, -0.25) is 14.4 Å². The van der Waals surface area contributed by atoms with Gasteiger partial charge in [-0.15, -0.1) is 6.42 Å². The molecular weight excluding hydrogens is 526 g/mol. The predicted molar refractivity (Wildman–Crippen MR) is 154 cm³/mol. The lowest BCUT2D eigenvalue weighted by molar-refractivity contribution is -0.144. The number of esters is 1. The van der Waals surface area contributed by atoms with Gasteiger partial charge in [-0.25, -0.2) is 4.79 Å². The number of aromatic hydroxyl groups is 1. The highest BCUT2D eigenvalue weighted by molar-refractivity contribution is 5.92. The minimum absolute atomic E-state index is 0.00937. The normalized spacial score (nSPS) is 12.3. The monoisotopic (exact) mass is 565 g/mol. The van der Waals surface area contributed by atoms with E-state index in [1.165, 1.54) is 17.0 Å². The Balaban J connectivity index is 2.43. The number of nitrogens with one attached hydrogen (secondary N) is 2. The molecule has 220 valence electrons. The summed E-state index contributed by atoms with van der Waals surface area (Å²) in [6, 6.07) is 10.7. The third-order valence-electron chi connectivity index (χ3n) is 5.88.